The molecule has 5 nitrogen and oxygen atoms in total. The molecule has 0 bridgehead atoms. The number of anilines is 1. The molecule has 0 saturated heterocycles. The summed E-state index contributed by atoms with van der Waals surface area (Å²) >= 11 is 0. The zero-order valence-electron chi connectivity index (χ0n) is 10.6. The first-order valence-corrected chi connectivity index (χ1v) is 5.99. The van der Waals surface area contributed by atoms with E-state index in [1.165, 1.54) is 0 Å². The monoisotopic (exact) mass is 254 g/mol. The van der Waals surface area contributed by atoms with Crippen LogP contribution in [-0.4, -0.2) is 24.0 Å². The van der Waals surface area contributed by atoms with Crippen molar-refractivity contribution in [3.8, 4) is 6.07 Å². The van der Waals surface area contributed by atoms with Crippen molar-refractivity contribution in [2.75, 3.05) is 18.0 Å². The number of para-hydroxylation sites is 1. The third kappa shape index (κ3) is 2.63. The van der Waals surface area contributed by atoms with Crippen molar-refractivity contribution in [2.24, 2.45) is 5.73 Å². The second kappa shape index (κ2) is 5.36. The molecule has 5 heteroatoms. The number of pyridine rings is 1. The normalized spacial score (nSPS) is 10.1. The maximum atomic E-state index is 11.1. The first-order valence-electron chi connectivity index (χ1n) is 5.99. The van der Waals surface area contributed by atoms with E-state index in [1.54, 1.807) is 11.0 Å². The minimum Gasteiger partial charge on any atom is -0.368 e. The number of likely N-dealkylation sites (N-methyl/N-ethyl adjacent to an activating group) is 1. The van der Waals surface area contributed by atoms with Crippen molar-refractivity contribution in [2.45, 2.75) is 6.92 Å². The molecule has 19 heavy (non-hydrogen) atoms. The third-order valence-electron chi connectivity index (χ3n) is 2.85. The predicted octanol–water partition coefficient (Wildman–Crippen LogP) is 1.42. The van der Waals surface area contributed by atoms with Gasteiger partial charge in [0.1, 0.15) is 11.9 Å². The first kappa shape index (κ1) is 12.8. The van der Waals surface area contributed by atoms with Gasteiger partial charge in [-0.2, -0.15) is 5.26 Å². The highest BCUT2D eigenvalue weighted by molar-refractivity contribution is 5.85. The van der Waals surface area contributed by atoms with Gasteiger partial charge in [0.15, 0.2) is 0 Å². The van der Waals surface area contributed by atoms with Gasteiger partial charge in [-0.3, -0.25) is 4.79 Å². The largest absolute Gasteiger partial charge is 0.368 e. The smallest absolute Gasteiger partial charge is 0.236 e. The highest BCUT2D eigenvalue weighted by Crippen LogP contribution is 2.22. The first-order chi connectivity index (χ1) is 9.15. The standard InChI is InChI=1S/C14H14N4O/c1-2-18(9-13(16)19)14-11(8-15)7-10-5-3-4-6-12(10)17-14/h3-7H,2,9H2,1H3,(H2,16,19). The van der Waals surface area contributed by atoms with Crippen LogP contribution < -0.4 is 10.6 Å². The van der Waals surface area contributed by atoms with E-state index in [9.17, 15) is 10.1 Å². The van der Waals surface area contributed by atoms with Gasteiger partial charge in [0.05, 0.1) is 17.6 Å². The Morgan fingerprint density at radius 2 is 2.21 bits per heavy atom. The van der Waals surface area contributed by atoms with Crippen LogP contribution in [0.3, 0.4) is 0 Å². The highest BCUT2D eigenvalue weighted by atomic mass is 16.1. The van der Waals surface area contributed by atoms with Crippen molar-refractivity contribution < 1.29 is 4.79 Å². The van der Waals surface area contributed by atoms with E-state index in [0.717, 1.165) is 10.9 Å². The Labute approximate surface area is 111 Å². The fourth-order valence-electron chi connectivity index (χ4n) is 1.95. The molecule has 2 rings (SSSR count). The van der Waals surface area contributed by atoms with Crippen molar-refractivity contribution in [3.63, 3.8) is 0 Å². The Balaban J connectivity index is 2.57. The van der Waals surface area contributed by atoms with Gasteiger partial charge >= 0.3 is 0 Å². The summed E-state index contributed by atoms with van der Waals surface area (Å²) in [5.74, 6) is 0.0585. The SMILES string of the molecule is CCN(CC(N)=O)c1nc2ccccc2cc1C#N. The average molecular weight is 254 g/mol. The molecule has 1 aromatic heterocycles. The third-order valence-corrected chi connectivity index (χ3v) is 2.85. The van der Waals surface area contributed by atoms with E-state index in [2.05, 4.69) is 11.1 Å². The van der Waals surface area contributed by atoms with Gasteiger partial charge in [-0.1, -0.05) is 18.2 Å². The van der Waals surface area contributed by atoms with Crippen LogP contribution in [0, 0.1) is 11.3 Å². The van der Waals surface area contributed by atoms with E-state index >= 15 is 0 Å². The number of nitrogens with zero attached hydrogens (tertiary/aromatic N) is 3. The number of nitrogens with two attached hydrogens (primary N) is 1. The summed E-state index contributed by atoms with van der Waals surface area (Å²) < 4.78 is 0. The van der Waals surface area contributed by atoms with Crippen LogP contribution in [0.15, 0.2) is 30.3 Å². The summed E-state index contributed by atoms with van der Waals surface area (Å²) in [6, 6.07) is 11.5. The summed E-state index contributed by atoms with van der Waals surface area (Å²) in [7, 11) is 0. The van der Waals surface area contributed by atoms with Crippen LogP contribution in [0.4, 0.5) is 5.82 Å². The van der Waals surface area contributed by atoms with Crippen LogP contribution >= 0.6 is 0 Å². The zero-order chi connectivity index (χ0) is 13.8. The Bertz CT molecular complexity index is 660. The molecular weight excluding hydrogens is 240 g/mol. The molecule has 0 aliphatic carbocycles. The number of primary amides is 1. The van der Waals surface area contributed by atoms with Crippen molar-refractivity contribution in [1.29, 1.82) is 5.26 Å². The van der Waals surface area contributed by atoms with E-state index in [4.69, 9.17) is 5.73 Å². The summed E-state index contributed by atoms with van der Waals surface area (Å²) in [6.07, 6.45) is 0. The number of fused-ring (bicyclic) bond motifs is 1. The molecule has 2 aromatic rings. The van der Waals surface area contributed by atoms with Crippen LogP contribution in [-0.2, 0) is 4.79 Å². The Morgan fingerprint density at radius 1 is 1.47 bits per heavy atom. The lowest BCUT2D eigenvalue weighted by Crippen LogP contribution is -2.34. The lowest BCUT2D eigenvalue weighted by molar-refractivity contribution is -0.116. The number of hydrogen-bond donors (Lipinski definition) is 1. The van der Waals surface area contributed by atoms with Gasteiger partial charge in [0, 0.05) is 11.9 Å². The molecule has 0 radical (unpaired) electrons. The molecule has 1 amide bonds. The van der Waals surface area contributed by atoms with Crippen LogP contribution in [0.25, 0.3) is 10.9 Å². The summed E-state index contributed by atoms with van der Waals surface area (Å²) in [4.78, 5) is 17.2. The van der Waals surface area contributed by atoms with E-state index in [0.29, 0.717) is 17.9 Å². The molecular formula is C14H14N4O. The predicted molar refractivity (Wildman–Crippen MR) is 73.5 cm³/mol. The number of hydrogen-bond acceptors (Lipinski definition) is 4. The minimum absolute atomic E-state index is 0.0521. The van der Waals surface area contributed by atoms with Gasteiger partial charge in [0.2, 0.25) is 5.91 Å². The molecule has 2 N–H and O–H groups in total. The van der Waals surface area contributed by atoms with Crippen molar-refractivity contribution in [1.82, 2.24) is 4.98 Å². The molecule has 1 heterocycles. The van der Waals surface area contributed by atoms with Crippen molar-refractivity contribution in [3.05, 3.63) is 35.9 Å². The molecule has 96 valence electrons. The maximum Gasteiger partial charge on any atom is 0.236 e. The molecule has 0 unspecified atom stereocenters. The van der Waals surface area contributed by atoms with Gasteiger partial charge in [-0.15, -0.1) is 0 Å². The fraction of sp³-hybridized carbons (Fsp3) is 0.214. The van der Waals surface area contributed by atoms with Gasteiger partial charge < -0.3 is 10.6 Å². The van der Waals surface area contributed by atoms with E-state index < -0.39 is 5.91 Å². The number of rotatable bonds is 4. The van der Waals surface area contributed by atoms with E-state index in [1.807, 2.05) is 31.2 Å². The lowest BCUT2D eigenvalue weighted by Gasteiger charge is -2.21. The van der Waals surface area contributed by atoms with Gasteiger partial charge in [0.25, 0.3) is 0 Å². The number of carbonyl (C=O) groups is 1. The van der Waals surface area contributed by atoms with Gasteiger partial charge in [-0.05, 0) is 19.1 Å². The second-order valence-electron chi connectivity index (χ2n) is 4.14. The van der Waals surface area contributed by atoms with Crippen LogP contribution in [0.1, 0.15) is 12.5 Å². The molecule has 0 spiro atoms. The second-order valence-corrected chi connectivity index (χ2v) is 4.14. The number of benzene rings is 1. The van der Waals surface area contributed by atoms with Crippen LogP contribution in [0.5, 0.6) is 0 Å². The van der Waals surface area contributed by atoms with E-state index in [-0.39, 0.29) is 6.54 Å². The summed E-state index contributed by atoms with van der Waals surface area (Å²) in [5.41, 5.74) is 6.46. The molecule has 0 fully saturated rings. The van der Waals surface area contributed by atoms with Gasteiger partial charge in [-0.25, -0.2) is 4.98 Å². The fourth-order valence-corrected chi connectivity index (χ4v) is 1.95. The maximum absolute atomic E-state index is 11.1. The molecule has 0 aliphatic rings. The van der Waals surface area contributed by atoms with Crippen molar-refractivity contribution >= 4 is 22.6 Å². The molecule has 0 aliphatic heterocycles. The summed E-state index contributed by atoms with van der Waals surface area (Å²) in [5, 5.41) is 10.1. The number of carbonyl (C=O) groups excluding carboxylic acids is 1. The Kier molecular flexibility index (Phi) is 3.62. The number of aromatic nitrogens is 1. The molecule has 0 saturated carbocycles. The number of amides is 1. The Morgan fingerprint density at radius 3 is 2.84 bits per heavy atom. The zero-order valence-corrected chi connectivity index (χ0v) is 10.6. The quantitative estimate of drug-likeness (QED) is 0.894. The number of nitriles is 1. The molecule has 1 aromatic carbocycles. The average Bonchev–Trinajstić information content (AvgIpc) is 2.43. The van der Waals surface area contributed by atoms with Crippen LogP contribution in [0.2, 0.25) is 0 Å². The Hall–Kier alpha value is -2.61. The topological polar surface area (TPSA) is 83.0 Å². The summed E-state index contributed by atoms with van der Waals surface area (Å²) in [6.45, 7) is 2.50. The minimum atomic E-state index is -0.444. The highest BCUT2D eigenvalue weighted by Gasteiger charge is 2.14. The lowest BCUT2D eigenvalue weighted by atomic mass is 10.1. The molecule has 0 atom stereocenters.